The number of rotatable bonds is 8. The minimum absolute atomic E-state index is 0.120. The molecule has 0 aliphatic heterocycles. The largest absolute Gasteiger partial charge is 0.465 e. The van der Waals surface area contributed by atoms with Gasteiger partial charge in [0.05, 0.1) is 24.5 Å². The van der Waals surface area contributed by atoms with E-state index in [4.69, 9.17) is 0 Å². The maximum atomic E-state index is 12.5. The SMILES string of the molecule is COC(=O)c1ccc(NC(=O)CSc2nnc([C@H](C)NC(=O)c3cccc(C)c3)n2C)cc1. The fraction of sp³-hybridized carbons (Fsp3) is 0.261. The van der Waals surface area contributed by atoms with Crippen LogP contribution in [0.5, 0.6) is 0 Å². The van der Waals surface area contributed by atoms with Gasteiger partial charge in [0.2, 0.25) is 5.91 Å². The van der Waals surface area contributed by atoms with Crippen molar-refractivity contribution in [2.24, 2.45) is 7.05 Å². The average Bonchev–Trinajstić information content (AvgIpc) is 3.18. The predicted molar refractivity (Wildman–Crippen MR) is 125 cm³/mol. The summed E-state index contributed by atoms with van der Waals surface area (Å²) in [5.74, 6) is -0.158. The molecule has 2 aromatic carbocycles. The Morgan fingerprint density at radius 3 is 2.48 bits per heavy atom. The number of hydrogen-bond donors (Lipinski definition) is 2. The minimum Gasteiger partial charge on any atom is -0.465 e. The average molecular weight is 468 g/mol. The van der Waals surface area contributed by atoms with Crippen molar-refractivity contribution >= 4 is 35.2 Å². The van der Waals surface area contributed by atoms with Crippen LogP contribution in [0.25, 0.3) is 0 Å². The number of nitrogens with one attached hydrogen (secondary N) is 2. The van der Waals surface area contributed by atoms with E-state index >= 15 is 0 Å². The molecule has 10 heteroatoms. The van der Waals surface area contributed by atoms with E-state index in [0.717, 1.165) is 5.56 Å². The molecule has 2 N–H and O–H groups in total. The molecule has 1 aromatic heterocycles. The van der Waals surface area contributed by atoms with Crippen LogP contribution >= 0.6 is 11.8 Å². The molecule has 0 aliphatic carbocycles. The van der Waals surface area contributed by atoms with E-state index in [0.29, 0.717) is 27.8 Å². The molecule has 0 radical (unpaired) electrons. The Labute approximate surface area is 195 Å². The summed E-state index contributed by atoms with van der Waals surface area (Å²) in [6, 6.07) is 13.4. The number of thioether (sulfide) groups is 1. The van der Waals surface area contributed by atoms with Gasteiger partial charge in [-0.3, -0.25) is 9.59 Å². The molecule has 2 amide bonds. The molecule has 0 fully saturated rings. The fourth-order valence-electron chi connectivity index (χ4n) is 3.09. The van der Waals surface area contributed by atoms with E-state index < -0.39 is 5.97 Å². The fourth-order valence-corrected chi connectivity index (χ4v) is 3.81. The molecule has 0 unspecified atom stereocenters. The van der Waals surface area contributed by atoms with Gasteiger partial charge in [-0.15, -0.1) is 10.2 Å². The molecule has 1 heterocycles. The van der Waals surface area contributed by atoms with Crippen molar-refractivity contribution in [1.29, 1.82) is 0 Å². The third-order valence-corrected chi connectivity index (χ3v) is 5.83. The second-order valence-electron chi connectivity index (χ2n) is 7.37. The highest BCUT2D eigenvalue weighted by Crippen LogP contribution is 2.20. The summed E-state index contributed by atoms with van der Waals surface area (Å²) >= 11 is 1.23. The van der Waals surface area contributed by atoms with Crippen LogP contribution in [0.4, 0.5) is 5.69 Å². The first-order valence-corrected chi connectivity index (χ1v) is 11.1. The first-order chi connectivity index (χ1) is 15.8. The van der Waals surface area contributed by atoms with Crippen LogP contribution in [0, 0.1) is 6.92 Å². The van der Waals surface area contributed by atoms with E-state index in [2.05, 4.69) is 25.6 Å². The molecule has 9 nitrogen and oxygen atoms in total. The number of carbonyl (C=O) groups excluding carboxylic acids is 3. The van der Waals surface area contributed by atoms with E-state index in [9.17, 15) is 14.4 Å². The van der Waals surface area contributed by atoms with Crippen molar-refractivity contribution < 1.29 is 19.1 Å². The lowest BCUT2D eigenvalue weighted by atomic mass is 10.1. The summed E-state index contributed by atoms with van der Waals surface area (Å²) in [4.78, 5) is 36.3. The highest BCUT2D eigenvalue weighted by atomic mass is 32.2. The molecule has 0 saturated carbocycles. The number of aryl methyl sites for hydroxylation is 1. The van der Waals surface area contributed by atoms with Crippen molar-refractivity contribution in [3.05, 3.63) is 71.0 Å². The van der Waals surface area contributed by atoms with Crippen molar-refractivity contribution in [3.63, 3.8) is 0 Å². The zero-order valence-electron chi connectivity index (χ0n) is 18.8. The molecule has 172 valence electrons. The Morgan fingerprint density at radius 1 is 1.09 bits per heavy atom. The standard InChI is InChI=1S/C23H25N5O4S/c1-14-6-5-7-17(12-14)21(30)24-15(2)20-26-27-23(28(20)3)33-13-19(29)25-18-10-8-16(9-11-18)22(31)32-4/h5-12,15H,13H2,1-4H3,(H,24,30)(H,25,29)/t15-/m0/s1. The van der Waals surface area contributed by atoms with Crippen molar-refractivity contribution in [2.45, 2.75) is 25.0 Å². The van der Waals surface area contributed by atoms with Gasteiger partial charge in [-0.1, -0.05) is 29.5 Å². The number of ether oxygens (including phenoxy) is 1. The number of esters is 1. The van der Waals surface area contributed by atoms with Crippen LogP contribution in [-0.4, -0.2) is 45.4 Å². The summed E-state index contributed by atoms with van der Waals surface area (Å²) in [6.07, 6.45) is 0. The molecule has 0 bridgehead atoms. The lowest BCUT2D eigenvalue weighted by molar-refractivity contribution is -0.113. The van der Waals surface area contributed by atoms with Gasteiger partial charge in [-0.25, -0.2) is 4.79 Å². The predicted octanol–water partition coefficient (Wildman–Crippen LogP) is 3.13. The van der Waals surface area contributed by atoms with Crippen LogP contribution in [0.15, 0.2) is 53.7 Å². The monoisotopic (exact) mass is 467 g/mol. The molecular weight excluding hydrogens is 442 g/mol. The second-order valence-corrected chi connectivity index (χ2v) is 8.31. The van der Waals surface area contributed by atoms with Crippen LogP contribution in [0.3, 0.4) is 0 Å². The van der Waals surface area contributed by atoms with Crippen LogP contribution in [0.1, 0.15) is 45.1 Å². The Bertz CT molecular complexity index is 1160. The number of amides is 2. The van der Waals surface area contributed by atoms with Crippen LogP contribution in [-0.2, 0) is 16.6 Å². The topological polar surface area (TPSA) is 115 Å². The maximum absolute atomic E-state index is 12.5. The number of benzene rings is 2. The number of methoxy groups -OCH3 is 1. The van der Waals surface area contributed by atoms with Crippen LogP contribution < -0.4 is 10.6 Å². The summed E-state index contributed by atoms with van der Waals surface area (Å²) in [7, 11) is 3.10. The van der Waals surface area contributed by atoms with Gasteiger partial charge in [0.25, 0.3) is 5.91 Å². The number of anilines is 1. The van der Waals surface area contributed by atoms with Gasteiger partial charge in [0.15, 0.2) is 11.0 Å². The summed E-state index contributed by atoms with van der Waals surface area (Å²) in [5.41, 5.74) is 2.56. The normalized spacial score (nSPS) is 11.5. The molecule has 0 aliphatic rings. The summed E-state index contributed by atoms with van der Waals surface area (Å²) < 4.78 is 6.41. The highest BCUT2D eigenvalue weighted by Gasteiger charge is 2.19. The third kappa shape index (κ3) is 6.19. The first kappa shape index (κ1) is 24.0. The van der Waals surface area contributed by atoms with Gasteiger partial charge >= 0.3 is 5.97 Å². The Kier molecular flexibility index (Phi) is 7.83. The lowest BCUT2D eigenvalue weighted by Gasteiger charge is -2.14. The zero-order valence-corrected chi connectivity index (χ0v) is 19.6. The van der Waals surface area contributed by atoms with Gasteiger partial charge in [0, 0.05) is 18.3 Å². The first-order valence-electron chi connectivity index (χ1n) is 10.2. The van der Waals surface area contributed by atoms with Gasteiger partial charge < -0.3 is 19.9 Å². The van der Waals surface area contributed by atoms with Crippen molar-refractivity contribution in [1.82, 2.24) is 20.1 Å². The Balaban J connectivity index is 1.55. The smallest absolute Gasteiger partial charge is 0.337 e. The number of hydrogen-bond acceptors (Lipinski definition) is 7. The molecular formula is C23H25N5O4S. The molecule has 3 aromatic rings. The van der Waals surface area contributed by atoms with E-state index in [1.807, 2.05) is 32.0 Å². The van der Waals surface area contributed by atoms with Gasteiger partial charge in [-0.2, -0.15) is 0 Å². The number of aromatic nitrogens is 3. The Morgan fingerprint density at radius 2 is 1.82 bits per heavy atom. The molecule has 33 heavy (non-hydrogen) atoms. The van der Waals surface area contributed by atoms with Gasteiger partial charge in [-0.05, 0) is 50.2 Å². The number of nitrogens with zero attached hydrogens (tertiary/aromatic N) is 3. The quantitative estimate of drug-likeness (QED) is 0.386. The van der Waals surface area contributed by atoms with Crippen molar-refractivity contribution in [3.8, 4) is 0 Å². The number of carbonyl (C=O) groups is 3. The maximum Gasteiger partial charge on any atom is 0.337 e. The van der Waals surface area contributed by atoms with E-state index in [-0.39, 0.29) is 23.6 Å². The molecule has 3 rings (SSSR count). The third-order valence-electron chi connectivity index (χ3n) is 4.81. The molecule has 0 spiro atoms. The van der Waals surface area contributed by atoms with E-state index in [1.165, 1.54) is 18.9 Å². The molecule has 0 saturated heterocycles. The highest BCUT2D eigenvalue weighted by molar-refractivity contribution is 7.99. The second kappa shape index (κ2) is 10.8. The van der Waals surface area contributed by atoms with E-state index in [1.54, 1.807) is 41.9 Å². The summed E-state index contributed by atoms with van der Waals surface area (Å²) in [6.45, 7) is 3.76. The minimum atomic E-state index is -0.439. The summed E-state index contributed by atoms with van der Waals surface area (Å²) in [5, 5.41) is 14.6. The van der Waals surface area contributed by atoms with Crippen LogP contribution in [0.2, 0.25) is 0 Å². The Hall–Kier alpha value is -3.66. The molecule has 1 atom stereocenters. The lowest BCUT2D eigenvalue weighted by Crippen LogP contribution is -2.28. The van der Waals surface area contributed by atoms with Gasteiger partial charge in [0.1, 0.15) is 0 Å². The zero-order chi connectivity index (χ0) is 24.0. The van der Waals surface area contributed by atoms with Crippen molar-refractivity contribution in [2.75, 3.05) is 18.2 Å².